The summed E-state index contributed by atoms with van der Waals surface area (Å²) in [6.07, 6.45) is 3.62. The smallest absolute Gasteiger partial charge is 0.227 e. The van der Waals surface area contributed by atoms with Gasteiger partial charge in [-0.15, -0.1) is 0 Å². The summed E-state index contributed by atoms with van der Waals surface area (Å²) < 4.78 is 0. The topological polar surface area (TPSA) is 62.3 Å². The molecule has 1 atom stereocenters. The van der Waals surface area contributed by atoms with Crippen LogP contribution in [0.2, 0.25) is 5.02 Å². The Labute approximate surface area is 139 Å². The highest BCUT2D eigenvalue weighted by molar-refractivity contribution is 6.30. The van der Waals surface area contributed by atoms with E-state index in [1.165, 1.54) is 0 Å². The van der Waals surface area contributed by atoms with E-state index in [1.807, 2.05) is 12.1 Å². The molecule has 2 aromatic rings. The van der Waals surface area contributed by atoms with Gasteiger partial charge in [0.1, 0.15) is 0 Å². The van der Waals surface area contributed by atoms with E-state index in [-0.39, 0.29) is 24.2 Å². The van der Waals surface area contributed by atoms with Crippen LogP contribution in [0.5, 0.6) is 0 Å². The third-order valence-corrected chi connectivity index (χ3v) is 4.08. The average Bonchev–Trinajstić information content (AvgIpc) is 2.96. The van der Waals surface area contributed by atoms with Crippen LogP contribution in [0.4, 0.5) is 5.69 Å². The molecule has 3 rings (SSSR count). The zero-order valence-electron chi connectivity index (χ0n) is 12.4. The average molecular weight is 330 g/mol. The summed E-state index contributed by atoms with van der Waals surface area (Å²) in [6, 6.07) is 10.8. The number of hydrogen-bond acceptors (Lipinski definition) is 3. The number of amides is 2. The van der Waals surface area contributed by atoms with Crippen LogP contribution < -0.4 is 10.2 Å². The van der Waals surface area contributed by atoms with Gasteiger partial charge in [-0.3, -0.25) is 14.6 Å². The summed E-state index contributed by atoms with van der Waals surface area (Å²) in [5.74, 6) is -0.498. The fourth-order valence-corrected chi connectivity index (χ4v) is 2.72. The Morgan fingerprint density at radius 2 is 2.09 bits per heavy atom. The van der Waals surface area contributed by atoms with Gasteiger partial charge < -0.3 is 10.2 Å². The molecule has 0 bridgehead atoms. The number of nitrogens with one attached hydrogen (secondary N) is 1. The number of halogens is 1. The van der Waals surface area contributed by atoms with Crippen LogP contribution in [-0.2, 0) is 16.1 Å². The molecular weight excluding hydrogens is 314 g/mol. The molecule has 0 aliphatic carbocycles. The van der Waals surface area contributed by atoms with Crippen molar-refractivity contribution in [2.75, 3.05) is 11.4 Å². The minimum atomic E-state index is -0.338. The Balaban J connectivity index is 1.60. The monoisotopic (exact) mass is 329 g/mol. The maximum absolute atomic E-state index is 12.3. The zero-order valence-corrected chi connectivity index (χ0v) is 13.2. The lowest BCUT2D eigenvalue weighted by molar-refractivity contribution is -0.126. The van der Waals surface area contributed by atoms with Crippen molar-refractivity contribution >= 4 is 29.1 Å². The van der Waals surface area contributed by atoms with Gasteiger partial charge in [-0.05, 0) is 35.9 Å². The van der Waals surface area contributed by atoms with Crippen molar-refractivity contribution in [3.8, 4) is 0 Å². The standard InChI is InChI=1S/C17H16ClN3O2/c18-14-3-5-15(6-4-14)21-11-13(8-16(21)22)17(23)20-10-12-2-1-7-19-9-12/h1-7,9,13H,8,10-11H2,(H,20,23)/t13-/m1/s1. The van der Waals surface area contributed by atoms with Crippen molar-refractivity contribution in [1.82, 2.24) is 10.3 Å². The third-order valence-electron chi connectivity index (χ3n) is 3.82. The van der Waals surface area contributed by atoms with Gasteiger partial charge in [-0.1, -0.05) is 17.7 Å². The van der Waals surface area contributed by atoms with Gasteiger partial charge in [0.2, 0.25) is 11.8 Å². The molecule has 0 spiro atoms. The van der Waals surface area contributed by atoms with Crippen LogP contribution in [0.15, 0.2) is 48.8 Å². The first-order valence-electron chi connectivity index (χ1n) is 7.36. The van der Waals surface area contributed by atoms with Crippen molar-refractivity contribution in [3.05, 3.63) is 59.4 Å². The van der Waals surface area contributed by atoms with E-state index in [2.05, 4.69) is 10.3 Å². The lowest BCUT2D eigenvalue weighted by atomic mass is 10.1. The number of anilines is 1. The van der Waals surface area contributed by atoms with Gasteiger partial charge in [0.05, 0.1) is 5.92 Å². The normalized spacial score (nSPS) is 17.3. The summed E-state index contributed by atoms with van der Waals surface area (Å²) >= 11 is 5.86. The lowest BCUT2D eigenvalue weighted by Gasteiger charge is -2.16. The predicted octanol–water partition coefficient (Wildman–Crippen LogP) is 2.40. The number of aromatic nitrogens is 1. The van der Waals surface area contributed by atoms with Crippen molar-refractivity contribution in [2.45, 2.75) is 13.0 Å². The highest BCUT2D eigenvalue weighted by Gasteiger charge is 2.34. The summed E-state index contributed by atoms with van der Waals surface area (Å²) in [5.41, 5.74) is 1.70. The van der Waals surface area contributed by atoms with Gasteiger partial charge in [0.25, 0.3) is 0 Å². The van der Waals surface area contributed by atoms with Crippen LogP contribution in [0, 0.1) is 5.92 Å². The number of nitrogens with zero attached hydrogens (tertiary/aromatic N) is 2. The van der Waals surface area contributed by atoms with Gasteiger partial charge >= 0.3 is 0 Å². The molecule has 0 saturated carbocycles. The Morgan fingerprint density at radius 3 is 2.78 bits per heavy atom. The van der Waals surface area contributed by atoms with Crippen LogP contribution in [0.1, 0.15) is 12.0 Å². The van der Waals surface area contributed by atoms with E-state index in [0.29, 0.717) is 18.1 Å². The molecule has 1 aromatic heterocycles. The van der Waals surface area contributed by atoms with Crippen LogP contribution in [0.25, 0.3) is 0 Å². The van der Waals surface area contributed by atoms with Crippen molar-refractivity contribution in [2.24, 2.45) is 5.92 Å². The van der Waals surface area contributed by atoms with Gasteiger partial charge in [-0.25, -0.2) is 0 Å². The zero-order chi connectivity index (χ0) is 16.2. The van der Waals surface area contributed by atoms with Crippen molar-refractivity contribution in [3.63, 3.8) is 0 Å². The minimum Gasteiger partial charge on any atom is -0.352 e. The van der Waals surface area contributed by atoms with E-state index in [1.54, 1.807) is 41.6 Å². The fourth-order valence-electron chi connectivity index (χ4n) is 2.59. The molecule has 1 aliphatic rings. The van der Waals surface area contributed by atoms with Gasteiger partial charge in [0, 0.05) is 42.6 Å². The fraction of sp³-hybridized carbons (Fsp3) is 0.235. The van der Waals surface area contributed by atoms with E-state index >= 15 is 0 Å². The highest BCUT2D eigenvalue weighted by atomic mass is 35.5. The Bertz CT molecular complexity index is 704. The Hall–Kier alpha value is -2.40. The van der Waals surface area contributed by atoms with Crippen molar-refractivity contribution in [1.29, 1.82) is 0 Å². The molecule has 0 unspecified atom stereocenters. The second-order valence-corrected chi connectivity index (χ2v) is 5.90. The van der Waals surface area contributed by atoms with Gasteiger partial charge in [-0.2, -0.15) is 0 Å². The molecule has 23 heavy (non-hydrogen) atoms. The van der Waals surface area contributed by atoms with Crippen LogP contribution >= 0.6 is 11.6 Å². The molecule has 0 radical (unpaired) electrons. The SMILES string of the molecule is O=C(NCc1cccnc1)[C@@H]1CC(=O)N(c2ccc(Cl)cc2)C1. The van der Waals surface area contributed by atoms with Crippen molar-refractivity contribution < 1.29 is 9.59 Å². The largest absolute Gasteiger partial charge is 0.352 e. The predicted molar refractivity (Wildman–Crippen MR) is 88.0 cm³/mol. The van der Waals surface area contributed by atoms with Crippen LogP contribution in [-0.4, -0.2) is 23.3 Å². The Morgan fingerprint density at radius 1 is 1.30 bits per heavy atom. The summed E-state index contributed by atoms with van der Waals surface area (Å²) in [4.78, 5) is 30.1. The molecule has 118 valence electrons. The quantitative estimate of drug-likeness (QED) is 0.937. The summed E-state index contributed by atoms with van der Waals surface area (Å²) in [7, 11) is 0. The molecule has 1 N–H and O–H groups in total. The molecule has 2 amide bonds. The molecular formula is C17H16ClN3O2. The van der Waals surface area contributed by atoms with E-state index in [4.69, 9.17) is 11.6 Å². The molecule has 1 aliphatic heterocycles. The van der Waals surface area contributed by atoms with E-state index in [9.17, 15) is 9.59 Å². The first-order valence-corrected chi connectivity index (χ1v) is 7.74. The number of pyridine rings is 1. The molecule has 1 saturated heterocycles. The summed E-state index contributed by atoms with van der Waals surface area (Å²) in [5, 5.41) is 3.48. The maximum Gasteiger partial charge on any atom is 0.227 e. The molecule has 1 aromatic carbocycles. The number of carbonyl (C=O) groups is 2. The highest BCUT2D eigenvalue weighted by Crippen LogP contribution is 2.26. The molecule has 5 nitrogen and oxygen atoms in total. The number of benzene rings is 1. The van der Waals surface area contributed by atoms with Crippen LogP contribution in [0.3, 0.4) is 0 Å². The maximum atomic E-state index is 12.3. The number of rotatable bonds is 4. The van der Waals surface area contributed by atoms with E-state index < -0.39 is 0 Å². The van der Waals surface area contributed by atoms with E-state index in [0.717, 1.165) is 11.3 Å². The third kappa shape index (κ3) is 3.68. The second kappa shape index (κ2) is 6.79. The molecule has 1 fully saturated rings. The lowest BCUT2D eigenvalue weighted by Crippen LogP contribution is -2.32. The molecule has 2 heterocycles. The Kier molecular flexibility index (Phi) is 4.57. The first kappa shape index (κ1) is 15.5. The second-order valence-electron chi connectivity index (χ2n) is 5.46. The number of hydrogen-bond donors (Lipinski definition) is 1. The molecule has 6 heteroatoms. The number of carbonyl (C=O) groups excluding carboxylic acids is 2. The first-order chi connectivity index (χ1) is 11.1. The van der Waals surface area contributed by atoms with Gasteiger partial charge in [0.15, 0.2) is 0 Å². The summed E-state index contributed by atoms with van der Waals surface area (Å²) in [6.45, 7) is 0.803. The minimum absolute atomic E-state index is 0.0474.